The Morgan fingerprint density at radius 2 is 1.85 bits per heavy atom. The Labute approximate surface area is 253 Å². The van der Waals surface area contributed by atoms with Crippen LogP contribution in [0, 0.1) is 5.92 Å². The summed E-state index contributed by atoms with van der Waals surface area (Å²) in [5, 5.41) is 0. The van der Waals surface area contributed by atoms with Crippen molar-refractivity contribution in [2.45, 2.75) is 90.1 Å². The topological polar surface area (TPSA) is 48.0 Å². The van der Waals surface area contributed by atoms with Gasteiger partial charge >= 0.3 is 5.97 Å². The molecule has 0 bridgehead atoms. The van der Waals surface area contributed by atoms with Gasteiger partial charge in [0, 0.05) is 42.3 Å². The Bertz CT molecular complexity index is 1220. The molecule has 0 radical (unpaired) electrons. The largest absolute Gasteiger partial charge is 0.487 e. The minimum Gasteiger partial charge on any atom is -0.487 e. The van der Waals surface area contributed by atoms with Gasteiger partial charge in [0.25, 0.3) is 0 Å². The van der Waals surface area contributed by atoms with Gasteiger partial charge in [-0.2, -0.15) is 0 Å². The summed E-state index contributed by atoms with van der Waals surface area (Å²) >= 11 is 0. The zero-order valence-electron chi connectivity index (χ0n) is 25.5. The van der Waals surface area contributed by atoms with Gasteiger partial charge < -0.3 is 14.2 Å². The van der Waals surface area contributed by atoms with Crippen molar-refractivity contribution >= 4 is 18.4 Å². The van der Waals surface area contributed by atoms with Crippen LogP contribution in [0.15, 0.2) is 54.1 Å². The van der Waals surface area contributed by atoms with Crippen molar-refractivity contribution in [1.82, 2.24) is 4.90 Å². The monoisotopic (exact) mass is 581 g/mol. The number of fused-ring (bicyclic) bond motifs is 3. The van der Waals surface area contributed by atoms with E-state index in [2.05, 4.69) is 88.1 Å². The number of ether oxygens (including phenoxy) is 3. The second-order valence-corrected chi connectivity index (χ2v) is 12.8. The molecule has 5 rings (SSSR count). The lowest BCUT2D eigenvalue weighted by Crippen LogP contribution is -2.45. The molecule has 0 saturated carbocycles. The lowest BCUT2D eigenvalue weighted by atomic mass is 9.67. The molecule has 0 N–H and O–H groups in total. The fourth-order valence-corrected chi connectivity index (χ4v) is 7.12. The highest BCUT2D eigenvalue weighted by Gasteiger charge is 2.46. The summed E-state index contributed by atoms with van der Waals surface area (Å²) in [6, 6.07) is 15.1. The fraction of sp³-hybridized carbons (Fsp3) is 0.571. The maximum Gasteiger partial charge on any atom is 0.311 e. The SMILES string of the molecule is CCCC(C)(c1ccccc1)c1cc(OC(=O)CCCN2CCOCC2)c2c(c1)OC(C)(C)C1CCC(C)=CC21.Cl. The van der Waals surface area contributed by atoms with E-state index in [9.17, 15) is 4.79 Å². The number of allylic oxidation sites excluding steroid dienone is 2. The number of rotatable bonds is 9. The smallest absolute Gasteiger partial charge is 0.311 e. The van der Waals surface area contributed by atoms with Gasteiger partial charge in [0.2, 0.25) is 0 Å². The second-order valence-electron chi connectivity index (χ2n) is 12.8. The van der Waals surface area contributed by atoms with Gasteiger partial charge in [-0.1, -0.05) is 62.2 Å². The quantitative estimate of drug-likeness (QED) is 0.171. The van der Waals surface area contributed by atoms with E-state index in [0.717, 1.165) is 81.8 Å². The maximum atomic E-state index is 13.3. The predicted molar refractivity (Wildman–Crippen MR) is 168 cm³/mol. The molecule has 2 aromatic carbocycles. The van der Waals surface area contributed by atoms with Crippen molar-refractivity contribution in [3.63, 3.8) is 0 Å². The highest BCUT2D eigenvalue weighted by atomic mass is 35.5. The van der Waals surface area contributed by atoms with Crippen molar-refractivity contribution < 1.29 is 19.0 Å². The van der Waals surface area contributed by atoms with Crippen LogP contribution in [-0.2, 0) is 14.9 Å². The first kappa shape index (κ1) is 31.6. The first-order valence-electron chi connectivity index (χ1n) is 15.3. The summed E-state index contributed by atoms with van der Waals surface area (Å²) in [5.41, 5.74) is 4.31. The predicted octanol–water partition coefficient (Wildman–Crippen LogP) is 7.84. The highest BCUT2D eigenvalue weighted by Crippen LogP contribution is 2.55. The van der Waals surface area contributed by atoms with E-state index in [1.54, 1.807) is 0 Å². The van der Waals surface area contributed by atoms with Crippen LogP contribution in [0.5, 0.6) is 11.5 Å². The minimum absolute atomic E-state index is 0. The van der Waals surface area contributed by atoms with Crippen molar-refractivity contribution in [3.05, 3.63) is 70.8 Å². The van der Waals surface area contributed by atoms with Gasteiger partial charge in [-0.05, 0) is 76.3 Å². The van der Waals surface area contributed by atoms with Gasteiger partial charge in [-0.3, -0.25) is 9.69 Å². The molecule has 2 aromatic rings. The van der Waals surface area contributed by atoms with Crippen LogP contribution in [-0.4, -0.2) is 49.3 Å². The average molecular weight is 582 g/mol. The Morgan fingerprint density at radius 3 is 2.56 bits per heavy atom. The number of hydrogen-bond donors (Lipinski definition) is 0. The van der Waals surface area contributed by atoms with Gasteiger partial charge in [0.1, 0.15) is 17.1 Å². The summed E-state index contributed by atoms with van der Waals surface area (Å²) in [6.45, 7) is 15.5. The first-order chi connectivity index (χ1) is 19.2. The standard InChI is InChI=1S/C35H47NO4.ClH/c1-6-16-35(5,26-11-8-7-9-12-26)27-23-30(39-32(37)13-10-17-36-18-20-38-21-19-36)33-28-22-25(2)14-15-29(28)34(3,4)40-31(33)24-27;/h7-9,11-12,22-24,28-29H,6,10,13-21H2,1-5H3;1H. The maximum absolute atomic E-state index is 13.3. The molecular weight excluding hydrogens is 534 g/mol. The number of esters is 1. The fourth-order valence-electron chi connectivity index (χ4n) is 7.12. The van der Waals surface area contributed by atoms with Crippen LogP contribution in [0.3, 0.4) is 0 Å². The number of nitrogens with zero attached hydrogens (tertiary/aromatic N) is 1. The molecule has 1 aliphatic carbocycles. The minimum atomic E-state index is -0.305. The number of morpholine rings is 1. The second kappa shape index (κ2) is 13.3. The van der Waals surface area contributed by atoms with E-state index in [4.69, 9.17) is 14.2 Å². The van der Waals surface area contributed by atoms with E-state index in [1.807, 2.05) is 0 Å². The molecule has 0 spiro atoms. The van der Waals surface area contributed by atoms with E-state index in [-0.39, 0.29) is 35.3 Å². The molecule has 5 nitrogen and oxygen atoms in total. The molecule has 224 valence electrons. The Kier molecular flexibility index (Phi) is 10.3. The van der Waals surface area contributed by atoms with Gasteiger partial charge in [0.15, 0.2) is 0 Å². The lowest BCUT2D eigenvalue weighted by molar-refractivity contribution is -0.134. The summed E-state index contributed by atoms with van der Waals surface area (Å²) in [5.74, 6) is 1.89. The van der Waals surface area contributed by atoms with E-state index >= 15 is 0 Å². The third-order valence-corrected chi connectivity index (χ3v) is 9.43. The Hall–Kier alpha value is -2.34. The molecule has 0 aromatic heterocycles. The van der Waals surface area contributed by atoms with Gasteiger partial charge in [0.05, 0.1) is 13.2 Å². The number of carbonyl (C=O) groups is 1. The summed E-state index contributed by atoms with van der Waals surface area (Å²) in [4.78, 5) is 15.7. The highest BCUT2D eigenvalue weighted by molar-refractivity contribution is 5.85. The summed E-state index contributed by atoms with van der Waals surface area (Å²) in [6.07, 6.45) is 7.76. The molecule has 1 fully saturated rings. The molecule has 3 aliphatic rings. The van der Waals surface area contributed by atoms with Crippen molar-refractivity contribution in [3.8, 4) is 11.5 Å². The van der Waals surface area contributed by atoms with Gasteiger partial charge in [-0.25, -0.2) is 0 Å². The van der Waals surface area contributed by atoms with Crippen LogP contribution in [0.2, 0.25) is 0 Å². The summed E-state index contributed by atoms with van der Waals surface area (Å²) < 4.78 is 18.6. The molecule has 6 heteroatoms. The molecule has 0 amide bonds. The number of halogens is 1. The molecule has 1 saturated heterocycles. The molecule has 2 aliphatic heterocycles. The van der Waals surface area contributed by atoms with Crippen LogP contribution in [0.25, 0.3) is 0 Å². The lowest BCUT2D eigenvalue weighted by Gasteiger charge is -2.47. The number of benzene rings is 2. The van der Waals surface area contributed by atoms with Gasteiger partial charge in [-0.15, -0.1) is 12.4 Å². The Balaban J connectivity index is 0.00000387. The van der Waals surface area contributed by atoms with Crippen LogP contribution in [0.1, 0.15) is 95.8 Å². The zero-order valence-corrected chi connectivity index (χ0v) is 26.4. The zero-order chi connectivity index (χ0) is 28.3. The first-order valence-corrected chi connectivity index (χ1v) is 15.3. The summed E-state index contributed by atoms with van der Waals surface area (Å²) in [7, 11) is 0. The number of carbonyl (C=O) groups excluding carboxylic acids is 1. The number of hydrogen-bond acceptors (Lipinski definition) is 5. The van der Waals surface area contributed by atoms with Crippen LogP contribution >= 0.6 is 12.4 Å². The van der Waals surface area contributed by atoms with E-state index < -0.39 is 0 Å². The van der Waals surface area contributed by atoms with Crippen molar-refractivity contribution in [1.29, 1.82) is 0 Å². The Morgan fingerprint density at radius 1 is 1.12 bits per heavy atom. The van der Waals surface area contributed by atoms with E-state index in [0.29, 0.717) is 18.1 Å². The third kappa shape index (κ3) is 6.84. The molecular formula is C35H48ClNO4. The molecule has 41 heavy (non-hydrogen) atoms. The van der Waals surface area contributed by atoms with E-state index in [1.165, 1.54) is 11.1 Å². The molecule has 3 unspecified atom stereocenters. The van der Waals surface area contributed by atoms with Crippen molar-refractivity contribution in [2.24, 2.45) is 5.92 Å². The molecule has 2 heterocycles. The molecule has 3 atom stereocenters. The third-order valence-electron chi connectivity index (χ3n) is 9.43. The van der Waals surface area contributed by atoms with Crippen LogP contribution in [0.4, 0.5) is 0 Å². The van der Waals surface area contributed by atoms with Crippen LogP contribution < -0.4 is 9.47 Å². The van der Waals surface area contributed by atoms with Crippen molar-refractivity contribution in [2.75, 3.05) is 32.8 Å². The average Bonchev–Trinajstić information content (AvgIpc) is 2.93. The normalized spacial score (nSPS) is 23.1.